The molecule has 1 spiro atoms. The van der Waals surface area contributed by atoms with Crippen molar-refractivity contribution in [3.63, 3.8) is 0 Å². The highest BCUT2D eigenvalue weighted by molar-refractivity contribution is 8.01. The number of hydrogen-bond donors (Lipinski definition) is 2. The predicted octanol–water partition coefficient (Wildman–Crippen LogP) is 3.01. The number of likely N-dealkylation sites (tertiary alicyclic amines) is 1. The van der Waals surface area contributed by atoms with Crippen LogP contribution in [0.5, 0.6) is 0 Å². The standard InChI is InChI=1S/C18H20N6O2S2/c1-12-18(11-26-18)6-7-24(12)8-9-27-17-23-22-16(28-17)21-15(25)20-14-4-2-13(10-19)3-5-14/h2-5,12H,6-9,11H2,1H3,(H2,20,21,22,25)/t12?,18-/m0/s1. The van der Waals surface area contributed by atoms with Gasteiger partial charge in [0.05, 0.1) is 18.2 Å². The summed E-state index contributed by atoms with van der Waals surface area (Å²) in [6.07, 6.45) is 1.13. The summed E-state index contributed by atoms with van der Waals surface area (Å²) in [6.45, 7) is 5.20. The van der Waals surface area contributed by atoms with Gasteiger partial charge in [0.25, 0.3) is 0 Å². The molecule has 1 aromatic carbocycles. The minimum atomic E-state index is -0.391. The van der Waals surface area contributed by atoms with Crippen LogP contribution in [0.2, 0.25) is 0 Å². The highest BCUT2D eigenvalue weighted by atomic mass is 32.2. The Labute approximate surface area is 171 Å². The zero-order chi connectivity index (χ0) is 19.6. The molecule has 0 aliphatic carbocycles. The molecule has 2 fully saturated rings. The summed E-state index contributed by atoms with van der Waals surface area (Å²) in [5, 5.41) is 22.8. The average Bonchev–Trinajstić information content (AvgIpc) is 3.26. The SMILES string of the molecule is CC1N(CCSc2nnc(NC(=O)Nc3ccc(C#N)cc3)s2)CC[C@]12CO2. The molecule has 2 saturated heterocycles. The maximum atomic E-state index is 12.1. The molecular formula is C18H20N6O2S2. The first kappa shape index (κ1) is 19.1. The quantitative estimate of drug-likeness (QED) is 0.423. The normalized spacial score (nSPS) is 23.5. The monoisotopic (exact) mass is 416 g/mol. The summed E-state index contributed by atoms with van der Waals surface area (Å²) in [7, 11) is 0. The van der Waals surface area contributed by atoms with Crippen molar-refractivity contribution in [2.24, 2.45) is 0 Å². The fraction of sp³-hybridized carbons (Fsp3) is 0.444. The maximum absolute atomic E-state index is 12.1. The van der Waals surface area contributed by atoms with E-state index in [9.17, 15) is 4.79 Å². The lowest BCUT2D eigenvalue weighted by Gasteiger charge is -2.22. The molecule has 2 aliphatic heterocycles. The third-order valence-corrected chi connectivity index (χ3v) is 7.10. The number of hydrogen-bond acceptors (Lipinski definition) is 8. The Hall–Kier alpha value is -2.19. The molecule has 1 aromatic heterocycles. The molecule has 146 valence electrons. The van der Waals surface area contributed by atoms with Crippen molar-refractivity contribution in [1.82, 2.24) is 15.1 Å². The highest BCUT2D eigenvalue weighted by Gasteiger charge is 2.55. The van der Waals surface area contributed by atoms with E-state index in [-0.39, 0.29) is 5.60 Å². The van der Waals surface area contributed by atoms with Crippen LogP contribution in [0.15, 0.2) is 28.6 Å². The van der Waals surface area contributed by atoms with Crippen molar-refractivity contribution in [1.29, 1.82) is 5.26 Å². The summed E-state index contributed by atoms with van der Waals surface area (Å²) < 4.78 is 6.46. The largest absolute Gasteiger partial charge is 0.368 e. The van der Waals surface area contributed by atoms with E-state index in [0.29, 0.717) is 22.4 Å². The molecule has 8 nitrogen and oxygen atoms in total. The first-order valence-corrected chi connectivity index (χ1v) is 10.8. The number of rotatable bonds is 6. The van der Waals surface area contributed by atoms with Crippen LogP contribution in [0.3, 0.4) is 0 Å². The Bertz CT molecular complexity index is 890. The van der Waals surface area contributed by atoms with Gasteiger partial charge in [0.2, 0.25) is 5.13 Å². The molecule has 28 heavy (non-hydrogen) atoms. The van der Waals surface area contributed by atoms with E-state index < -0.39 is 6.03 Å². The van der Waals surface area contributed by atoms with Crippen molar-refractivity contribution in [3.05, 3.63) is 29.8 Å². The Morgan fingerprint density at radius 2 is 2.21 bits per heavy atom. The average molecular weight is 417 g/mol. The lowest BCUT2D eigenvalue weighted by molar-refractivity contribution is 0.210. The van der Waals surface area contributed by atoms with Crippen molar-refractivity contribution in [3.8, 4) is 6.07 Å². The predicted molar refractivity (Wildman–Crippen MR) is 109 cm³/mol. The number of amides is 2. The molecule has 2 amide bonds. The zero-order valence-corrected chi connectivity index (χ0v) is 17.0. The van der Waals surface area contributed by atoms with E-state index in [2.05, 4.69) is 32.7 Å². The Kier molecular flexibility index (Phi) is 5.50. The van der Waals surface area contributed by atoms with Crippen molar-refractivity contribution < 1.29 is 9.53 Å². The van der Waals surface area contributed by atoms with Crippen LogP contribution in [-0.2, 0) is 4.74 Å². The van der Waals surface area contributed by atoms with Crippen LogP contribution in [0, 0.1) is 11.3 Å². The summed E-state index contributed by atoms with van der Waals surface area (Å²) in [4.78, 5) is 14.5. The Balaban J connectivity index is 1.21. The van der Waals surface area contributed by atoms with Gasteiger partial charge in [0, 0.05) is 30.6 Å². The number of ether oxygens (including phenoxy) is 1. The number of carbonyl (C=O) groups excluding carboxylic acids is 1. The number of anilines is 2. The molecule has 0 saturated carbocycles. The van der Waals surface area contributed by atoms with Gasteiger partial charge >= 0.3 is 6.03 Å². The lowest BCUT2D eigenvalue weighted by Crippen LogP contribution is -2.35. The molecule has 0 bridgehead atoms. The topological polar surface area (TPSA) is 106 Å². The minimum absolute atomic E-state index is 0.132. The smallest absolute Gasteiger partial charge is 0.325 e. The first-order chi connectivity index (χ1) is 13.6. The summed E-state index contributed by atoms with van der Waals surface area (Å²) >= 11 is 3.00. The van der Waals surface area contributed by atoms with Crippen LogP contribution in [0.4, 0.5) is 15.6 Å². The number of aromatic nitrogens is 2. The highest BCUT2D eigenvalue weighted by Crippen LogP contribution is 2.42. The molecule has 4 rings (SSSR count). The van der Waals surface area contributed by atoms with E-state index in [4.69, 9.17) is 10.00 Å². The van der Waals surface area contributed by atoms with Gasteiger partial charge in [-0.25, -0.2) is 4.79 Å². The van der Waals surface area contributed by atoms with Crippen LogP contribution in [0.25, 0.3) is 0 Å². The van der Waals surface area contributed by atoms with Crippen LogP contribution in [-0.4, -0.2) is 58.2 Å². The van der Waals surface area contributed by atoms with Crippen LogP contribution >= 0.6 is 23.1 Å². The van der Waals surface area contributed by atoms with Gasteiger partial charge in [-0.15, -0.1) is 10.2 Å². The second-order valence-electron chi connectivity index (χ2n) is 6.81. The number of epoxide rings is 1. The number of thioether (sulfide) groups is 1. The van der Waals surface area contributed by atoms with Gasteiger partial charge in [-0.2, -0.15) is 5.26 Å². The fourth-order valence-corrected chi connectivity index (χ4v) is 5.10. The molecule has 2 N–H and O–H groups in total. The van der Waals surface area contributed by atoms with Crippen LogP contribution in [0.1, 0.15) is 18.9 Å². The maximum Gasteiger partial charge on any atom is 0.325 e. The van der Waals surface area contributed by atoms with Crippen molar-refractivity contribution >= 4 is 39.9 Å². The third kappa shape index (κ3) is 4.28. The Morgan fingerprint density at radius 1 is 1.43 bits per heavy atom. The van der Waals surface area contributed by atoms with Gasteiger partial charge in [-0.05, 0) is 37.6 Å². The fourth-order valence-electron chi connectivity index (χ4n) is 3.31. The van der Waals surface area contributed by atoms with E-state index in [0.717, 1.165) is 36.2 Å². The number of carbonyl (C=O) groups is 1. The third-order valence-electron chi connectivity index (χ3n) is 5.15. The van der Waals surface area contributed by atoms with E-state index >= 15 is 0 Å². The van der Waals surface area contributed by atoms with Gasteiger partial charge in [-0.3, -0.25) is 10.2 Å². The van der Waals surface area contributed by atoms with Gasteiger partial charge < -0.3 is 10.1 Å². The van der Waals surface area contributed by atoms with Crippen molar-refractivity contribution in [2.75, 3.05) is 36.1 Å². The van der Waals surface area contributed by atoms with Gasteiger partial charge in [0.15, 0.2) is 4.34 Å². The number of nitrogens with zero attached hydrogens (tertiary/aromatic N) is 4. The molecule has 2 aromatic rings. The summed E-state index contributed by atoms with van der Waals surface area (Å²) in [5.74, 6) is 0.923. The number of benzene rings is 1. The zero-order valence-electron chi connectivity index (χ0n) is 15.3. The number of urea groups is 1. The summed E-state index contributed by atoms with van der Waals surface area (Å²) in [5.41, 5.74) is 1.28. The second-order valence-corrected chi connectivity index (χ2v) is 9.12. The molecule has 10 heteroatoms. The molecule has 2 aliphatic rings. The van der Waals surface area contributed by atoms with Crippen molar-refractivity contribution in [2.45, 2.75) is 29.3 Å². The van der Waals surface area contributed by atoms with Gasteiger partial charge in [-0.1, -0.05) is 23.1 Å². The second kappa shape index (κ2) is 8.05. The van der Waals surface area contributed by atoms with E-state index in [1.54, 1.807) is 36.0 Å². The molecular weight excluding hydrogens is 396 g/mol. The van der Waals surface area contributed by atoms with Crippen LogP contribution < -0.4 is 10.6 Å². The molecule has 1 unspecified atom stereocenters. The first-order valence-electron chi connectivity index (χ1n) is 9.00. The molecule has 2 atom stereocenters. The summed E-state index contributed by atoms with van der Waals surface area (Å²) in [6, 6.07) is 8.77. The lowest BCUT2D eigenvalue weighted by atomic mass is 10.0. The minimum Gasteiger partial charge on any atom is -0.368 e. The van der Waals surface area contributed by atoms with E-state index in [1.165, 1.54) is 11.3 Å². The number of nitriles is 1. The Morgan fingerprint density at radius 3 is 2.89 bits per heavy atom. The number of nitrogens with one attached hydrogen (secondary N) is 2. The van der Waals surface area contributed by atoms with E-state index in [1.807, 2.05) is 6.07 Å². The van der Waals surface area contributed by atoms with Gasteiger partial charge in [0.1, 0.15) is 5.60 Å². The molecule has 3 heterocycles. The molecule has 0 radical (unpaired) electrons.